The molecule has 0 amide bonds. The van der Waals surface area contributed by atoms with Crippen molar-refractivity contribution in [1.82, 2.24) is 0 Å². The number of nitrogens with one attached hydrogen (secondary N) is 1. The van der Waals surface area contributed by atoms with Crippen molar-refractivity contribution in [2.75, 3.05) is 12.4 Å². The van der Waals surface area contributed by atoms with Crippen LogP contribution in [0.5, 0.6) is 0 Å². The van der Waals surface area contributed by atoms with Gasteiger partial charge in [0.2, 0.25) is 0 Å². The molecule has 1 atom stereocenters. The molecule has 1 aromatic rings. The number of anilines is 1. The lowest BCUT2D eigenvalue weighted by Crippen LogP contribution is -2.31. The first-order valence-electron chi connectivity index (χ1n) is 5.40. The Kier molecular flexibility index (Phi) is 4.15. The second-order valence-electron chi connectivity index (χ2n) is 4.58. The van der Waals surface area contributed by atoms with Crippen LogP contribution >= 0.6 is 0 Å². The van der Waals surface area contributed by atoms with E-state index in [1.807, 2.05) is 18.2 Å². The first-order chi connectivity index (χ1) is 7.03. The first kappa shape index (κ1) is 12.1. The largest absolute Gasteiger partial charge is 0.382 e. The summed E-state index contributed by atoms with van der Waals surface area (Å²) in [5.74, 6) is 0. The lowest BCUT2D eigenvalue weighted by molar-refractivity contribution is 0.0128. The Hall–Kier alpha value is -1.02. The molecule has 1 aromatic carbocycles. The number of benzene rings is 1. The third kappa shape index (κ3) is 4.34. The Morgan fingerprint density at radius 1 is 1.27 bits per heavy atom. The predicted octanol–water partition coefficient (Wildman–Crippen LogP) is 3.30. The van der Waals surface area contributed by atoms with Gasteiger partial charge in [-0.3, -0.25) is 0 Å². The van der Waals surface area contributed by atoms with Crippen molar-refractivity contribution in [3.8, 4) is 0 Å². The zero-order valence-electron chi connectivity index (χ0n) is 10.1. The van der Waals surface area contributed by atoms with Crippen LogP contribution in [0.1, 0.15) is 27.2 Å². The van der Waals surface area contributed by atoms with Crippen LogP contribution in [-0.4, -0.2) is 18.8 Å². The maximum Gasteiger partial charge on any atom is 0.0642 e. The van der Waals surface area contributed by atoms with E-state index < -0.39 is 0 Å². The van der Waals surface area contributed by atoms with Crippen LogP contribution in [-0.2, 0) is 4.74 Å². The molecule has 0 spiro atoms. The van der Waals surface area contributed by atoms with Gasteiger partial charge in [-0.15, -0.1) is 0 Å². The number of ether oxygens (including phenoxy) is 1. The second-order valence-corrected chi connectivity index (χ2v) is 4.58. The number of hydrogen-bond donors (Lipinski definition) is 1. The summed E-state index contributed by atoms with van der Waals surface area (Å²) in [5.41, 5.74) is 1.10. The van der Waals surface area contributed by atoms with Gasteiger partial charge in [0.1, 0.15) is 0 Å². The summed E-state index contributed by atoms with van der Waals surface area (Å²) in [6.07, 6.45) is 0.985. The van der Waals surface area contributed by atoms with Gasteiger partial charge in [-0.1, -0.05) is 18.2 Å². The van der Waals surface area contributed by atoms with Crippen LogP contribution < -0.4 is 5.32 Å². The molecule has 0 unspecified atom stereocenters. The first-order valence-corrected chi connectivity index (χ1v) is 5.40. The highest BCUT2D eigenvalue weighted by molar-refractivity contribution is 5.43. The van der Waals surface area contributed by atoms with E-state index in [1.165, 1.54) is 0 Å². The molecule has 0 fully saturated rings. The molecule has 0 heterocycles. The third-order valence-corrected chi connectivity index (χ3v) is 2.54. The summed E-state index contributed by atoms with van der Waals surface area (Å²) in [7, 11) is 1.76. The van der Waals surface area contributed by atoms with Gasteiger partial charge in [-0.05, 0) is 39.3 Å². The standard InChI is InChI=1S/C13H21NO/c1-11(10-13(2,3)15-4)14-12-8-6-5-7-9-12/h5-9,11,14H,10H2,1-4H3/t11-/m0/s1. The molecule has 2 heteroatoms. The van der Waals surface area contributed by atoms with Gasteiger partial charge in [0.05, 0.1) is 5.60 Å². The van der Waals surface area contributed by atoms with Crippen molar-refractivity contribution >= 4 is 5.69 Å². The Labute approximate surface area is 92.6 Å². The second kappa shape index (κ2) is 5.17. The van der Waals surface area contributed by atoms with Gasteiger partial charge in [0.15, 0.2) is 0 Å². The van der Waals surface area contributed by atoms with Gasteiger partial charge in [0, 0.05) is 18.8 Å². The predicted molar refractivity (Wildman–Crippen MR) is 65.2 cm³/mol. The van der Waals surface area contributed by atoms with Crippen molar-refractivity contribution < 1.29 is 4.74 Å². The lowest BCUT2D eigenvalue weighted by Gasteiger charge is -2.27. The zero-order chi connectivity index (χ0) is 11.3. The topological polar surface area (TPSA) is 21.3 Å². The number of rotatable bonds is 5. The van der Waals surface area contributed by atoms with Gasteiger partial charge >= 0.3 is 0 Å². The fraction of sp³-hybridized carbons (Fsp3) is 0.538. The Morgan fingerprint density at radius 3 is 2.40 bits per heavy atom. The van der Waals surface area contributed by atoms with E-state index >= 15 is 0 Å². The molecule has 0 saturated carbocycles. The molecule has 84 valence electrons. The highest BCUT2D eigenvalue weighted by Gasteiger charge is 2.19. The molecule has 0 radical (unpaired) electrons. The molecule has 15 heavy (non-hydrogen) atoms. The highest BCUT2D eigenvalue weighted by Crippen LogP contribution is 2.18. The summed E-state index contributed by atoms with van der Waals surface area (Å²) in [6, 6.07) is 10.7. The fourth-order valence-corrected chi connectivity index (χ4v) is 1.69. The maximum absolute atomic E-state index is 5.41. The molecule has 0 aliphatic rings. The molecular formula is C13H21NO. The van der Waals surface area contributed by atoms with Crippen LogP contribution in [0.25, 0.3) is 0 Å². The van der Waals surface area contributed by atoms with Crippen LogP contribution in [0.15, 0.2) is 30.3 Å². The highest BCUT2D eigenvalue weighted by atomic mass is 16.5. The minimum Gasteiger partial charge on any atom is -0.382 e. The fourth-order valence-electron chi connectivity index (χ4n) is 1.69. The quantitative estimate of drug-likeness (QED) is 0.800. The van der Waals surface area contributed by atoms with E-state index in [0.29, 0.717) is 6.04 Å². The lowest BCUT2D eigenvalue weighted by atomic mass is 10.00. The van der Waals surface area contributed by atoms with Crippen molar-refractivity contribution in [2.24, 2.45) is 0 Å². The van der Waals surface area contributed by atoms with E-state index in [4.69, 9.17) is 4.74 Å². The normalized spacial score (nSPS) is 13.6. The monoisotopic (exact) mass is 207 g/mol. The van der Waals surface area contributed by atoms with E-state index in [1.54, 1.807) is 7.11 Å². The van der Waals surface area contributed by atoms with Crippen molar-refractivity contribution in [3.05, 3.63) is 30.3 Å². The molecule has 1 N–H and O–H groups in total. The number of para-hydroxylation sites is 1. The molecule has 2 nitrogen and oxygen atoms in total. The average molecular weight is 207 g/mol. The SMILES string of the molecule is COC(C)(C)C[C@H](C)Nc1ccccc1. The smallest absolute Gasteiger partial charge is 0.0642 e. The van der Waals surface area contributed by atoms with Crippen LogP contribution in [0.3, 0.4) is 0 Å². The van der Waals surface area contributed by atoms with E-state index in [-0.39, 0.29) is 5.60 Å². The molecule has 1 rings (SSSR count). The summed E-state index contributed by atoms with van der Waals surface area (Å²) >= 11 is 0. The number of methoxy groups -OCH3 is 1. The minimum atomic E-state index is -0.0683. The maximum atomic E-state index is 5.41. The molecule has 0 aliphatic heterocycles. The van der Waals surface area contributed by atoms with E-state index in [9.17, 15) is 0 Å². The third-order valence-electron chi connectivity index (χ3n) is 2.54. The van der Waals surface area contributed by atoms with E-state index in [2.05, 4.69) is 38.2 Å². The van der Waals surface area contributed by atoms with Gasteiger partial charge < -0.3 is 10.1 Å². The molecule has 0 bridgehead atoms. The Morgan fingerprint density at radius 2 is 1.87 bits per heavy atom. The molecule has 0 saturated heterocycles. The van der Waals surface area contributed by atoms with Crippen molar-refractivity contribution in [2.45, 2.75) is 38.8 Å². The summed E-state index contributed by atoms with van der Waals surface area (Å²) in [6.45, 7) is 6.39. The van der Waals surface area contributed by atoms with Gasteiger partial charge in [0.25, 0.3) is 0 Å². The molecule has 0 aromatic heterocycles. The van der Waals surface area contributed by atoms with Gasteiger partial charge in [-0.2, -0.15) is 0 Å². The molecular weight excluding hydrogens is 186 g/mol. The van der Waals surface area contributed by atoms with Gasteiger partial charge in [-0.25, -0.2) is 0 Å². The Balaban J connectivity index is 2.46. The summed E-state index contributed by atoms with van der Waals surface area (Å²) in [4.78, 5) is 0. The number of hydrogen-bond acceptors (Lipinski definition) is 2. The van der Waals surface area contributed by atoms with Crippen LogP contribution in [0, 0.1) is 0 Å². The van der Waals surface area contributed by atoms with Crippen molar-refractivity contribution in [3.63, 3.8) is 0 Å². The van der Waals surface area contributed by atoms with Crippen LogP contribution in [0.2, 0.25) is 0 Å². The van der Waals surface area contributed by atoms with Crippen molar-refractivity contribution in [1.29, 1.82) is 0 Å². The zero-order valence-corrected chi connectivity index (χ0v) is 10.1. The van der Waals surface area contributed by atoms with Crippen LogP contribution in [0.4, 0.5) is 5.69 Å². The summed E-state index contributed by atoms with van der Waals surface area (Å²) in [5, 5.41) is 3.45. The minimum absolute atomic E-state index is 0.0683. The average Bonchev–Trinajstić information content (AvgIpc) is 2.18. The Bertz CT molecular complexity index is 282. The molecule has 0 aliphatic carbocycles. The van der Waals surface area contributed by atoms with E-state index in [0.717, 1.165) is 12.1 Å². The summed E-state index contributed by atoms with van der Waals surface area (Å²) < 4.78 is 5.41.